The monoisotopic (exact) mass is 265 g/mol. The van der Waals surface area contributed by atoms with E-state index in [1.165, 1.54) is 16.9 Å². The molecule has 0 radical (unpaired) electrons. The van der Waals surface area contributed by atoms with Crippen molar-refractivity contribution in [2.75, 3.05) is 0 Å². The Morgan fingerprint density at radius 3 is 3.05 bits per heavy atom. The van der Waals surface area contributed by atoms with Gasteiger partial charge in [-0.2, -0.15) is 0 Å². The van der Waals surface area contributed by atoms with Gasteiger partial charge in [-0.3, -0.25) is 9.78 Å². The van der Waals surface area contributed by atoms with Gasteiger partial charge in [0, 0.05) is 19.2 Å². The van der Waals surface area contributed by atoms with E-state index in [0.717, 1.165) is 6.20 Å². The number of carboxylic acids is 1. The first-order valence-corrected chi connectivity index (χ1v) is 5.65. The molecule has 1 N–H and O–H groups in total. The highest BCUT2D eigenvalue weighted by Gasteiger charge is 2.16. The fourth-order valence-corrected chi connectivity index (χ4v) is 1.73. The minimum absolute atomic E-state index is 0.00186. The average Bonchev–Trinajstić information content (AvgIpc) is 2.76. The summed E-state index contributed by atoms with van der Waals surface area (Å²) in [7, 11) is 0. The Morgan fingerprint density at radius 2 is 2.37 bits per heavy atom. The maximum absolute atomic E-state index is 13.6. The molecule has 0 aliphatic carbocycles. The fourth-order valence-electron chi connectivity index (χ4n) is 1.73. The Kier molecular flexibility index (Phi) is 3.79. The number of pyridine rings is 1. The third-order valence-corrected chi connectivity index (χ3v) is 2.55. The van der Waals surface area contributed by atoms with Crippen molar-refractivity contribution in [3.05, 3.63) is 24.3 Å². The standard InChI is InChI=1S/C11H12FN5O2/c1-7(4-10(18)19)6-17-11(14-15-16-17)8-2-3-13-5-9(8)12/h2-3,5,7H,4,6H2,1H3,(H,18,19). The average molecular weight is 265 g/mol. The summed E-state index contributed by atoms with van der Waals surface area (Å²) in [6.45, 7) is 2.07. The van der Waals surface area contributed by atoms with Crippen LogP contribution in [0.4, 0.5) is 4.39 Å². The fraction of sp³-hybridized carbons (Fsp3) is 0.364. The Bertz CT molecular complexity index is 586. The Morgan fingerprint density at radius 1 is 1.58 bits per heavy atom. The van der Waals surface area contributed by atoms with Gasteiger partial charge in [0.05, 0.1) is 11.8 Å². The molecule has 0 aliphatic heterocycles. The number of halogens is 1. The first-order chi connectivity index (χ1) is 9.08. The van der Waals surface area contributed by atoms with Gasteiger partial charge in [-0.25, -0.2) is 9.07 Å². The highest BCUT2D eigenvalue weighted by molar-refractivity contribution is 5.66. The molecule has 100 valence electrons. The van der Waals surface area contributed by atoms with E-state index in [2.05, 4.69) is 20.5 Å². The molecule has 2 rings (SSSR count). The second kappa shape index (κ2) is 5.51. The molecule has 2 aromatic rings. The number of carboxylic acid groups (broad SMARTS) is 1. The Balaban J connectivity index is 2.23. The van der Waals surface area contributed by atoms with E-state index in [1.54, 1.807) is 6.92 Å². The van der Waals surface area contributed by atoms with Gasteiger partial charge >= 0.3 is 5.97 Å². The van der Waals surface area contributed by atoms with Crippen LogP contribution in [0, 0.1) is 11.7 Å². The molecule has 0 aromatic carbocycles. The zero-order valence-electron chi connectivity index (χ0n) is 10.2. The number of rotatable bonds is 5. The molecule has 2 heterocycles. The molecule has 1 atom stereocenters. The normalized spacial score (nSPS) is 12.3. The quantitative estimate of drug-likeness (QED) is 0.866. The van der Waals surface area contributed by atoms with Crippen LogP contribution in [-0.4, -0.2) is 36.3 Å². The summed E-state index contributed by atoms with van der Waals surface area (Å²) >= 11 is 0. The Labute approximate surface area is 108 Å². The number of carbonyl (C=O) groups is 1. The van der Waals surface area contributed by atoms with Gasteiger partial charge in [-0.15, -0.1) is 5.10 Å². The van der Waals surface area contributed by atoms with E-state index in [1.807, 2.05) is 0 Å². The summed E-state index contributed by atoms with van der Waals surface area (Å²) < 4.78 is 15.0. The maximum atomic E-state index is 13.6. The van der Waals surface area contributed by atoms with E-state index in [9.17, 15) is 9.18 Å². The first-order valence-electron chi connectivity index (χ1n) is 5.65. The van der Waals surface area contributed by atoms with Crippen molar-refractivity contribution in [3.63, 3.8) is 0 Å². The lowest BCUT2D eigenvalue weighted by molar-refractivity contribution is -0.138. The zero-order valence-corrected chi connectivity index (χ0v) is 10.2. The van der Waals surface area contributed by atoms with Gasteiger partial charge < -0.3 is 5.11 Å². The van der Waals surface area contributed by atoms with Crippen molar-refractivity contribution in [3.8, 4) is 11.4 Å². The second-order valence-corrected chi connectivity index (χ2v) is 4.24. The van der Waals surface area contributed by atoms with Crippen LogP contribution in [0.1, 0.15) is 13.3 Å². The van der Waals surface area contributed by atoms with Gasteiger partial charge in [-0.05, 0) is 22.4 Å². The predicted octanol–water partition coefficient (Wildman–Crippen LogP) is 0.985. The van der Waals surface area contributed by atoms with Crippen LogP contribution in [0.5, 0.6) is 0 Å². The summed E-state index contributed by atoms with van der Waals surface area (Å²) in [4.78, 5) is 14.3. The lowest BCUT2D eigenvalue weighted by Gasteiger charge is -2.10. The first kappa shape index (κ1) is 13.1. The van der Waals surface area contributed by atoms with Crippen LogP contribution < -0.4 is 0 Å². The van der Waals surface area contributed by atoms with Crippen LogP contribution >= 0.6 is 0 Å². The smallest absolute Gasteiger partial charge is 0.303 e. The second-order valence-electron chi connectivity index (χ2n) is 4.24. The van der Waals surface area contributed by atoms with Crippen LogP contribution in [0.3, 0.4) is 0 Å². The van der Waals surface area contributed by atoms with Crippen molar-refractivity contribution in [1.29, 1.82) is 0 Å². The molecule has 2 aromatic heterocycles. The molecule has 0 saturated carbocycles. The molecule has 0 amide bonds. The van der Waals surface area contributed by atoms with E-state index in [0.29, 0.717) is 6.54 Å². The molecule has 19 heavy (non-hydrogen) atoms. The van der Waals surface area contributed by atoms with Gasteiger partial charge in [-0.1, -0.05) is 6.92 Å². The zero-order chi connectivity index (χ0) is 13.8. The summed E-state index contributed by atoms with van der Waals surface area (Å²) in [6, 6.07) is 1.47. The third-order valence-electron chi connectivity index (χ3n) is 2.55. The number of tetrazole rings is 1. The molecule has 0 fully saturated rings. The summed E-state index contributed by atoms with van der Waals surface area (Å²) in [6.07, 6.45) is 2.52. The SMILES string of the molecule is CC(CC(=O)O)Cn1nnnc1-c1ccncc1F. The summed E-state index contributed by atoms with van der Waals surface area (Å²) in [5.74, 6) is -1.32. The van der Waals surface area contributed by atoms with Crippen molar-refractivity contribution in [1.82, 2.24) is 25.2 Å². The van der Waals surface area contributed by atoms with Crippen molar-refractivity contribution >= 4 is 5.97 Å². The summed E-state index contributed by atoms with van der Waals surface area (Å²) in [5, 5.41) is 19.7. The van der Waals surface area contributed by atoms with Gasteiger partial charge in [0.1, 0.15) is 0 Å². The van der Waals surface area contributed by atoms with E-state index in [-0.39, 0.29) is 23.7 Å². The molecular weight excluding hydrogens is 253 g/mol. The number of hydrogen-bond acceptors (Lipinski definition) is 5. The Hall–Kier alpha value is -2.38. The van der Waals surface area contributed by atoms with Crippen molar-refractivity contribution < 1.29 is 14.3 Å². The lowest BCUT2D eigenvalue weighted by atomic mass is 10.1. The highest BCUT2D eigenvalue weighted by Crippen LogP contribution is 2.19. The van der Waals surface area contributed by atoms with Crippen LogP contribution in [0.2, 0.25) is 0 Å². The van der Waals surface area contributed by atoms with Gasteiger partial charge in [0.15, 0.2) is 11.6 Å². The molecule has 0 spiro atoms. The minimum atomic E-state index is -0.891. The number of nitrogens with zero attached hydrogens (tertiary/aromatic N) is 5. The molecule has 0 aliphatic rings. The van der Waals surface area contributed by atoms with E-state index in [4.69, 9.17) is 5.11 Å². The van der Waals surface area contributed by atoms with Crippen molar-refractivity contribution in [2.45, 2.75) is 19.9 Å². The van der Waals surface area contributed by atoms with Gasteiger partial charge in [0.25, 0.3) is 0 Å². The van der Waals surface area contributed by atoms with Gasteiger partial charge in [0.2, 0.25) is 0 Å². The third kappa shape index (κ3) is 3.09. The van der Waals surface area contributed by atoms with E-state index >= 15 is 0 Å². The topological polar surface area (TPSA) is 93.8 Å². The predicted molar refractivity (Wildman–Crippen MR) is 62.4 cm³/mol. The van der Waals surface area contributed by atoms with Crippen molar-refractivity contribution in [2.24, 2.45) is 5.92 Å². The van der Waals surface area contributed by atoms with Crippen LogP contribution in [0.25, 0.3) is 11.4 Å². The largest absolute Gasteiger partial charge is 0.481 e. The maximum Gasteiger partial charge on any atom is 0.303 e. The number of aromatic nitrogens is 5. The van der Waals surface area contributed by atoms with Crippen LogP contribution in [0.15, 0.2) is 18.5 Å². The molecule has 7 nitrogen and oxygen atoms in total. The highest BCUT2D eigenvalue weighted by atomic mass is 19.1. The molecule has 0 bridgehead atoms. The summed E-state index contributed by atoms with van der Waals surface area (Å²) in [5.41, 5.74) is 0.238. The molecule has 1 unspecified atom stereocenters. The van der Waals surface area contributed by atoms with E-state index < -0.39 is 11.8 Å². The molecule has 0 saturated heterocycles. The number of aliphatic carboxylic acids is 1. The van der Waals surface area contributed by atoms with Crippen LogP contribution in [-0.2, 0) is 11.3 Å². The molecule has 8 heteroatoms. The number of hydrogen-bond donors (Lipinski definition) is 1. The lowest BCUT2D eigenvalue weighted by Crippen LogP contribution is -2.14. The minimum Gasteiger partial charge on any atom is -0.481 e. The molecular formula is C11H12FN5O2.